The number of ether oxygens (including phenoxy) is 2. The van der Waals surface area contributed by atoms with Gasteiger partial charge in [-0.15, -0.1) is 0 Å². The van der Waals surface area contributed by atoms with E-state index < -0.39 is 0 Å². The molecule has 0 unspecified atom stereocenters. The van der Waals surface area contributed by atoms with Crippen LogP contribution in [0.4, 0.5) is 0 Å². The monoisotopic (exact) mass is 374 g/mol. The van der Waals surface area contributed by atoms with E-state index in [9.17, 15) is 0 Å². The molecule has 0 saturated heterocycles. The van der Waals surface area contributed by atoms with E-state index >= 15 is 0 Å². The number of hydrogen-bond acceptors (Lipinski definition) is 4. The highest BCUT2D eigenvalue weighted by Crippen LogP contribution is 2.37. The Kier molecular flexibility index (Phi) is 7.15. The smallest absolute Gasteiger partial charge is 0.180 e. The fourth-order valence-electron chi connectivity index (χ4n) is 3.40. The van der Waals surface area contributed by atoms with Crippen molar-refractivity contribution in [2.75, 3.05) is 7.11 Å². The van der Waals surface area contributed by atoms with E-state index in [1.54, 1.807) is 19.5 Å². The molecule has 2 aromatic rings. The lowest BCUT2D eigenvalue weighted by Gasteiger charge is -2.18. The third kappa shape index (κ3) is 5.36. The fraction of sp³-hybridized carbons (Fsp3) is 0.476. The van der Waals surface area contributed by atoms with Crippen LogP contribution in [-0.2, 0) is 13.2 Å². The molecule has 5 heteroatoms. The van der Waals surface area contributed by atoms with Crippen molar-refractivity contribution in [3.8, 4) is 11.5 Å². The van der Waals surface area contributed by atoms with Crippen LogP contribution >= 0.6 is 11.6 Å². The van der Waals surface area contributed by atoms with Crippen molar-refractivity contribution < 1.29 is 9.47 Å². The van der Waals surface area contributed by atoms with Crippen LogP contribution in [0.15, 0.2) is 36.7 Å². The van der Waals surface area contributed by atoms with Gasteiger partial charge in [0.25, 0.3) is 0 Å². The van der Waals surface area contributed by atoms with E-state index in [1.165, 1.54) is 38.5 Å². The Morgan fingerprint density at radius 3 is 2.65 bits per heavy atom. The van der Waals surface area contributed by atoms with Gasteiger partial charge in [0.2, 0.25) is 0 Å². The highest BCUT2D eigenvalue weighted by atomic mass is 35.5. The highest BCUT2D eigenvalue weighted by Gasteiger charge is 2.15. The summed E-state index contributed by atoms with van der Waals surface area (Å²) in [6.07, 6.45) is 11.4. The minimum Gasteiger partial charge on any atom is -0.493 e. The van der Waals surface area contributed by atoms with Gasteiger partial charge in [-0.1, -0.05) is 43.4 Å². The van der Waals surface area contributed by atoms with E-state index in [1.807, 2.05) is 24.3 Å². The lowest BCUT2D eigenvalue weighted by molar-refractivity contribution is 0.284. The molecule has 0 aliphatic heterocycles. The van der Waals surface area contributed by atoms with Crippen LogP contribution in [0.25, 0.3) is 0 Å². The van der Waals surface area contributed by atoms with Crippen LogP contribution in [0.3, 0.4) is 0 Å². The van der Waals surface area contributed by atoms with Crippen molar-refractivity contribution in [2.45, 2.75) is 57.7 Å². The number of nitrogens with one attached hydrogen (secondary N) is 1. The minimum absolute atomic E-state index is 0.406. The van der Waals surface area contributed by atoms with Crippen molar-refractivity contribution in [3.05, 3.63) is 52.8 Å². The Balaban J connectivity index is 1.64. The summed E-state index contributed by atoms with van der Waals surface area (Å²) in [6, 6.07) is 8.43. The third-order valence-electron chi connectivity index (χ3n) is 4.85. The predicted octanol–water partition coefficient (Wildman–Crippen LogP) is 5.14. The summed E-state index contributed by atoms with van der Waals surface area (Å²) in [5.41, 5.74) is 2.11. The zero-order valence-corrected chi connectivity index (χ0v) is 16.1. The molecule has 1 aliphatic carbocycles. The summed E-state index contributed by atoms with van der Waals surface area (Å²) in [5.74, 6) is 1.25. The molecule has 1 fully saturated rings. The van der Waals surface area contributed by atoms with Crippen LogP contribution in [0.1, 0.15) is 49.7 Å². The van der Waals surface area contributed by atoms with Crippen LogP contribution in [0, 0.1) is 0 Å². The summed E-state index contributed by atoms with van der Waals surface area (Å²) in [4.78, 5) is 4.10. The van der Waals surface area contributed by atoms with E-state index in [0.29, 0.717) is 29.2 Å². The van der Waals surface area contributed by atoms with Crippen LogP contribution < -0.4 is 14.8 Å². The number of aromatic nitrogens is 1. The second kappa shape index (κ2) is 9.79. The highest BCUT2D eigenvalue weighted by molar-refractivity contribution is 6.32. The number of pyridine rings is 1. The molecule has 0 amide bonds. The number of rotatable bonds is 7. The fourth-order valence-corrected chi connectivity index (χ4v) is 3.69. The first-order valence-corrected chi connectivity index (χ1v) is 9.75. The summed E-state index contributed by atoms with van der Waals surface area (Å²) < 4.78 is 11.4. The average Bonchev–Trinajstić information content (AvgIpc) is 2.94. The molecule has 0 spiro atoms. The van der Waals surface area contributed by atoms with Crippen molar-refractivity contribution in [3.63, 3.8) is 0 Å². The lowest BCUT2D eigenvalue weighted by atomic mass is 10.1. The Morgan fingerprint density at radius 1 is 1.15 bits per heavy atom. The zero-order chi connectivity index (χ0) is 18.2. The number of benzene rings is 1. The van der Waals surface area contributed by atoms with Crippen molar-refractivity contribution in [2.24, 2.45) is 0 Å². The van der Waals surface area contributed by atoms with Gasteiger partial charge in [-0.2, -0.15) is 0 Å². The summed E-state index contributed by atoms with van der Waals surface area (Å²) in [6.45, 7) is 1.20. The minimum atomic E-state index is 0.406. The summed E-state index contributed by atoms with van der Waals surface area (Å²) in [5, 5.41) is 4.25. The molecular formula is C21H27ClN2O2. The maximum Gasteiger partial charge on any atom is 0.180 e. The summed E-state index contributed by atoms with van der Waals surface area (Å²) in [7, 11) is 1.64. The molecule has 1 heterocycles. The van der Waals surface area contributed by atoms with E-state index in [-0.39, 0.29) is 0 Å². The molecule has 0 atom stereocenters. The first-order chi connectivity index (χ1) is 12.8. The number of hydrogen-bond donors (Lipinski definition) is 1. The molecule has 4 nitrogen and oxygen atoms in total. The molecule has 1 aromatic carbocycles. The molecule has 0 bridgehead atoms. The van der Waals surface area contributed by atoms with Gasteiger partial charge in [-0.3, -0.25) is 4.98 Å². The molecule has 0 radical (unpaired) electrons. The average molecular weight is 375 g/mol. The molecular weight excluding hydrogens is 348 g/mol. The van der Waals surface area contributed by atoms with Gasteiger partial charge in [0.05, 0.1) is 12.1 Å². The Bertz CT molecular complexity index is 686. The van der Waals surface area contributed by atoms with Gasteiger partial charge in [-0.25, -0.2) is 0 Å². The van der Waals surface area contributed by atoms with E-state index in [2.05, 4.69) is 10.3 Å². The van der Waals surface area contributed by atoms with Gasteiger partial charge >= 0.3 is 0 Å². The van der Waals surface area contributed by atoms with Gasteiger partial charge in [-0.05, 0) is 36.6 Å². The lowest BCUT2D eigenvalue weighted by Crippen LogP contribution is -2.27. The number of halogens is 1. The maximum atomic E-state index is 6.48. The molecule has 26 heavy (non-hydrogen) atoms. The largest absolute Gasteiger partial charge is 0.493 e. The quantitative estimate of drug-likeness (QED) is 0.682. The number of methoxy groups -OCH3 is 1. The molecule has 1 saturated carbocycles. The summed E-state index contributed by atoms with van der Waals surface area (Å²) >= 11 is 6.48. The zero-order valence-electron chi connectivity index (χ0n) is 15.3. The van der Waals surface area contributed by atoms with E-state index in [0.717, 1.165) is 17.7 Å². The topological polar surface area (TPSA) is 43.4 Å². The predicted molar refractivity (Wildman–Crippen MR) is 105 cm³/mol. The van der Waals surface area contributed by atoms with Crippen molar-refractivity contribution in [1.82, 2.24) is 10.3 Å². The second-order valence-corrected chi connectivity index (χ2v) is 7.24. The third-order valence-corrected chi connectivity index (χ3v) is 5.13. The number of nitrogens with zero attached hydrogens (tertiary/aromatic N) is 1. The van der Waals surface area contributed by atoms with Crippen LogP contribution in [-0.4, -0.2) is 18.1 Å². The van der Waals surface area contributed by atoms with Gasteiger partial charge in [0.15, 0.2) is 11.5 Å². The van der Waals surface area contributed by atoms with Crippen LogP contribution in [0.5, 0.6) is 11.5 Å². The first-order valence-electron chi connectivity index (χ1n) is 9.38. The Hall–Kier alpha value is -1.78. The van der Waals surface area contributed by atoms with Gasteiger partial charge in [0.1, 0.15) is 6.61 Å². The van der Waals surface area contributed by atoms with Gasteiger partial charge < -0.3 is 14.8 Å². The standard InChI is InChI=1S/C21H27ClN2O2/c1-25-20-12-17(14-24-18-8-4-2-3-5-9-18)11-19(22)21(20)26-15-16-7-6-10-23-13-16/h6-7,10-13,18,24H,2-5,8-9,14-15H2,1H3. The normalized spacial score (nSPS) is 15.5. The van der Waals surface area contributed by atoms with Crippen LogP contribution in [0.2, 0.25) is 5.02 Å². The van der Waals surface area contributed by atoms with Crippen molar-refractivity contribution >= 4 is 11.6 Å². The SMILES string of the molecule is COc1cc(CNC2CCCCCC2)cc(Cl)c1OCc1cccnc1. The Morgan fingerprint density at radius 2 is 1.96 bits per heavy atom. The molecule has 3 rings (SSSR count). The molecule has 140 valence electrons. The molecule has 1 aliphatic rings. The second-order valence-electron chi connectivity index (χ2n) is 6.83. The molecule has 1 aromatic heterocycles. The van der Waals surface area contributed by atoms with E-state index in [4.69, 9.17) is 21.1 Å². The van der Waals surface area contributed by atoms with Gasteiger partial charge in [0, 0.05) is 30.5 Å². The van der Waals surface area contributed by atoms with Crippen molar-refractivity contribution in [1.29, 1.82) is 0 Å². The molecule has 1 N–H and O–H groups in total. The first kappa shape index (κ1) is 19.0. The Labute approximate surface area is 160 Å². The maximum absolute atomic E-state index is 6.48.